The Bertz CT molecular complexity index is 273. The van der Waals surface area contributed by atoms with Crippen molar-refractivity contribution in [3.63, 3.8) is 0 Å². The zero-order valence-corrected chi connectivity index (χ0v) is 9.86. The molecule has 2 heterocycles. The van der Waals surface area contributed by atoms with E-state index < -0.39 is 0 Å². The molecule has 1 aliphatic rings. The molecule has 0 spiro atoms. The van der Waals surface area contributed by atoms with Crippen LogP contribution in [-0.2, 0) is 6.42 Å². The highest BCUT2D eigenvalue weighted by Crippen LogP contribution is 2.34. The number of rotatable bonds is 4. The zero-order chi connectivity index (χ0) is 10.0. The lowest BCUT2D eigenvalue weighted by Crippen LogP contribution is -2.55. The van der Waals surface area contributed by atoms with Crippen molar-refractivity contribution in [2.45, 2.75) is 26.7 Å². The maximum Gasteiger partial charge on any atom is 0.00235 e. The van der Waals surface area contributed by atoms with Crippen molar-refractivity contribution in [3.05, 3.63) is 22.4 Å². The Morgan fingerprint density at radius 1 is 1.50 bits per heavy atom. The van der Waals surface area contributed by atoms with Crippen LogP contribution in [-0.4, -0.2) is 13.1 Å². The van der Waals surface area contributed by atoms with Crippen LogP contribution in [0, 0.1) is 11.3 Å². The molecule has 2 rings (SSSR count). The van der Waals surface area contributed by atoms with Gasteiger partial charge in [-0.05, 0) is 46.6 Å². The average Bonchev–Trinajstić information content (AvgIpc) is 2.51. The minimum Gasteiger partial charge on any atom is -0.316 e. The predicted octanol–water partition coefficient (Wildman–Crippen LogP) is 2.93. The lowest BCUT2D eigenvalue weighted by Gasteiger charge is -2.44. The van der Waals surface area contributed by atoms with Gasteiger partial charge >= 0.3 is 0 Å². The van der Waals surface area contributed by atoms with Gasteiger partial charge in [-0.2, -0.15) is 11.3 Å². The van der Waals surface area contributed by atoms with Crippen molar-refractivity contribution < 1.29 is 0 Å². The van der Waals surface area contributed by atoms with E-state index in [1.165, 1.54) is 31.5 Å². The van der Waals surface area contributed by atoms with Gasteiger partial charge in [-0.3, -0.25) is 0 Å². The SMILES string of the molecule is CC(C)CC1(Cc2ccsc2)CNC1. The summed E-state index contributed by atoms with van der Waals surface area (Å²) in [6.07, 6.45) is 2.62. The summed E-state index contributed by atoms with van der Waals surface area (Å²) in [5, 5.41) is 7.90. The van der Waals surface area contributed by atoms with Crippen LogP contribution in [0.5, 0.6) is 0 Å². The van der Waals surface area contributed by atoms with Gasteiger partial charge in [0.05, 0.1) is 0 Å². The molecular weight excluding hydrogens is 190 g/mol. The van der Waals surface area contributed by atoms with E-state index in [1.54, 1.807) is 0 Å². The van der Waals surface area contributed by atoms with Crippen LogP contribution in [0.3, 0.4) is 0 Å². The summed E-state index contributed by atoms with van der Waals surface area (Å²) >= 11 is 1.81. The molecule has 14 heavy (non-hydrogen) atoms. The summed E-state index contributed by atoms with van der Waals surface area (Å²) in [5.74, 6) is 0.815. The van der Waals surface area contributed by atoms with Gasteiger partial charge < -0.3 is 5.32 Å². The summed E-state index contributed by atoms with van der Waals surface area (Å²) < 4.78 is 0. The molecule has 0 atom stereocenters. The highest BCUT2D eigenvalue weighted by Gasteiger charge is 2.37. The second-order valence-corrected chi connectivity index (χ2v) is 5.79. The summed E-state index contributed by atoms with van der Waals surface area (Å²) in [4.78, 5) is 0. The molecule has 0 bridgehead atoms. The van der Waals surface area contributed by atoms with Crippen LogP contribution in [0.1, 0.15) is 25.8 Å². The fourth-order valence-corrected chi connectivity index (χ4v) is 3.18. The monoisotopic (exact) mass is 209 g/mol. The van der Waals surface area contributed by atoms with Gasteiger partial charge in [0, 0.05) is 13.1 Å². The molecule has 1 nitrogen and oxygen atoms in total. The van der Waals surface area contributed by atoms with Gasteiger partial charge in [0.2, 0.25) is 0 Å². The van der Waals surface area contributed by atoms with Crippen LogP contribution in [0.25, 0.3) is 0 Å². The fourth-order valence-electron chi connectivity index (χ4n) is 2.51. The van der Waals surface area contributed by atoms with Crippen LogP contribution < -0.4 is 5.32 Å². The van der Waals surface area contributed by atoms with Crippen molar-refractivity contribution in [2.24, 2.45) is 11.3 Å². The Hall–Kier alpha value is -0.340. The predicted molar refractivity (Wildman–Crippen MR) is 62.8 cm³/mol. The van der Waals surface area contributed by atoms with E-state index in [9.17, 15) is 0 Å². The van der Waals surface area contributed by atoms with Crippen molar-refractivity contribution in [2.75, 3.05) is 13.1 Å². The van der Waals surface area contributed by atoms with Crippen LogP contribution >= 0.6 is 11.3 Å². The molecule has 0 aliphatic carbocycles. The molecule has 0 radical (unpaired) electrons. The molecule has 1 aromatic heterocycles. The third kappa shape index (κ3) is 2.18. The van der Waals surface area contributed by atoms with E-state index in [-0.39, 0.29) is 0 Å². The molecule has 0 unspecified atom stereocenters. The Morgan fingerprint density at radius 2 is 2.29 bits per heavy atom. The van der Waals surface area contributed by atoms with Crippen LogP contribution in [0.4, 0.5) is 0 Å². The number of hydrogen-bond donors (Lipinski definition) is 1. The summed E-state index contributed by atoms with van der Waals surface area (Å²) in [5.41, 5.74) is 2.09. The second-order valence-electron chi connectivity index (χ2n) is 5.01. The normalized spacial score (nSPS) is 19.6. The quantitative estimate of drug-likeness (QED) is 0.804. The second kappa shape index (κ2) is 4.03. The van der Waals surface area contributed by atoms with E-state index in [0.717, 1.165) is 5.92 Å². The number of hydrogen-bond acceptors (Lipinski definition) is 2. The Kier molecular flexibility index (Phi) is 2.93. The van der Waals surface area contributed by atoms with Gasteiger partial charge in [0.15, 0.2) is 0 Å². The van der Waals surface area contributed by atoms with E-state index in [1.807, 2.05) is 11.3 Å². The van der Waals surface area contributed by atoms with Crippen LogP contribution in [0.2, 0.25) is 0 Å². The Morgan fingerprint density at radius 3 is 2.71 bits per heavy atom. The number of thiophene rings is 1. The molecule has 1 N–H and O–H groups in total. The van der Waals surface area contributed by atoms with Crippen molar-refractivity contribution in [1.82, 2.24) is 5.32 Å². The highest BCUT2D eigenvalue weighted by atomic mass is 32.1. The Balaban J connectivity index is 1.99. The molecule has 1 saturated heterocycles. The van der Waals surface area contributed by atoms with Gasteiger partial charge in [0.25, 0.3) is 0 Å². The molecule has 1 fully saturated rings. The van der Waals surface area contributed by atoms with E-state index >= 15 is 0 Å². The highest BCUT2D eigenvalue weighted by molar-refractivity contribution is 7.07. The van der Waals surface area contributed by atoms with Gasteiger partial charge in [-0.1, -0.05) is 13.8 Å². The fraction of sp³-hybridized carbons (Fsp3) is 0.667. The zero-order valence-electron chi connectivity index (χ0n) is 9.05. The Labute approximate surface area is 90.5 Å². The van der Waals surface area contributed by atoms with E-state index in [2.05, 4.69) is 36.0 Å². The maximum absolute atomic E-state index is 3.42. The topological polar surface area (TPSA) is 12.0 Å². The lowest BCUT2D eigenvalue weighted by molar-refractivity contribution is 0.131. The average molecular weight is 209 g/mol. The molecule has 78 valence electrons. The minimum atomic E-state index is 0.565. The largest absolute Gasteiger partial charge is 0.316 e. The molecule has 0 amide bonds. The molecule has 1 aliphatic heterocycles. The third-order valence-electron chi connectivity index (χ3n) is 3.00. The first-order valence-electron chi connectivity index (χ1n) is 5.42. The molecular formula is C12H19NS. The van der Waals surface area contributed by atoms with Gasteiger partial charge in [0.1, 0.15) is 0 Å². The molecule has 1 aromatic rings. The van der Waals surface area contributed by atoms with Gasteiger partial charge in [-0.25, -0.2) is 0 Å². The maximum atomic E-state index is 3.42. The smallest absolute Gasteiger partial charge is 0.00235 e. The first kappa shape index (κ1) is 10.2. The van der Waals surface area contributed by atoms with Crippen LogP contribution in [0.15, 0.2) is 16.8 Å². The first-order chi connectivity index (χ1) is 6.70. The molecule has 2 heteroatoms. The lowest BCUT2D eigenvalue weighted by atomic mass is 9.71. The van der Waals surface area contributed by atoms with E-state index in [4.69, 9.17) is 0 Å². The van der Waals surface area contributed by atoms with Gasteiger partial charge in [-0.15, -0.1) is 0 Å². The summed E-state index contributed by atoms with van der Waals surface area (Å²) in [6, 6.07) is 2.27. The van der Waals surface area contributed by atoms with Crippen molar-refractivity contribution >= 4 is 11.3 Å². The third-order valence-corrected chi connectivity index (χ3v) is 3.73. The molecule has 0 aromatic carbocycles. The van der Waals surface area contributed by atoms with Crippen molar-refractivity contribution in [3.8, 4) is 0 Å². The first-order valence-corrected chi connectivity index (χ1v) is 6.36. The van der Waals surface area contributed by atoms with E-state index in [0.29, 0.717) is 5.41 Å². The summed E-state index contributed by atoms with van der Waals surface area (Å²) in [6.45, 7) is 7.07. The molecule has 0 saturated carbocycles. The standard InChI is InChI=1S/C12H19NS/c1-10(2)5-12(8-13-9-12)6-11-3-4-14-7-11/h3-4,7,10,13H,5-6,8-9H2,1-2H3. The van der Waals surface area contributed by atoms with Crippen molar-refractivity contribution in [1.29, 1.82) is 0 Å². The number of nitrogens with one attached hydrogen (secondary N) is 1. The summed E-state index contributed by atoms with van der Waals surface area (Å²) in [7, 11) is 0. The minimum absolute atomic E-state index is 0.565.